The van der Waals surface area contributed by atoms with Crippen molar-refractivity contribution in [3.05, 3.63) is 132 Å². The Morgan fingerprint density at radius 1 is 0.576 bits per heavy atom. The van der Waals surface area contributed by atoms with Gasteiger partial charge in [0.05, 0.1) is 11.1 Å². The molecule has 0 saturated carbocycles. The van der Waals surface area contributed by atoms with Gasteiger partial charge in [0.1, 0.15) is 0 Å². The molecule has 0 aliphatic rings. The van der Waals surface area contributed by atoms with E-state index in [1.807, 2.05) is 88.4 Å². The summed E-state index contributed by atoms with van der Waals surface area (Å²) in [6, 6.07) is 26.7. The molecule has 4 atom stereocenters. The molecule has 0 fully saturated rings. The van der Waals surface area contributed by atoms with Crippen molar-refractivity contribution in [1.82, 2.24) is 10.6 Å². The van der Waals surface area contributed by atoms with E-state index >= 15 is 0 Å². The predicted octanol–water partition coefficient (Wildman–Crippen LogP) is 3.78. The quantitative estimate of drug-likeness (QED) is 0.0958. The average molecular weight is 831 g/mol. The highest BCUT2D eigenvalue weighted by molar-refractivity contribution is 5.98. The van der Waals surface area contributed by atoms with Crippen molar-refractivity contribution < 1.29 is 55.0 Å². The molecule has 4 N–H and O–H groups in total. The molecule has 0 bridgehead atoms. The minimum atomic E-state index is -0.531. The Hall–Kier alpha value is -5.62. The SMILES string of the molecule is CC(C)[C@@H](C)CC(=O)c1ccc[n+](COC(=O)N[C@@H](C)Cc2ccccc2)c1.CC(C)[C@H](CC(=O)c1ccc[n+](COC(=O)N[C@@H](C)Cc2ccccc2)c1)C(N)=O.[Cl-]. The summed E-state index contributed by atoms with van der Waals surface area (Å²) in [6.07, 6.45) is 7.81. The number of ether oxygens (including phenoxy) is 2. The molecule has 3 amide bonds. The van der Waals surface area contributed by atoms with Crippen LogP contribution >= 0.6 is 0 Å². The number of carbonyl (C=O) groups excluding carboxylic acids is 5. The maximum absolute atomic E-state index is 12.5. The number of nitrogens with two attached hydrogens (primary N) is 1. The summed E-state index contributed by atoms with van der Waals surface area (Å²) in [4.78, 5) is 60.6. The highest BCUT2D eigenvalue weighted by Gasteiger charge is 2.25. The summed E-state index contributed by atoms with van der Waals surface area (Å²) >= 11 is 0. The van der Waals surface area contributed by atoms with E-state index in [1.54, 1.807) is 58.2 Å². The fourth-order valence-electron chi connectivity index (χ4n) is 5.95. The number of nitrogens with one attached hydrogen (secondary N) is 2. The van der Waals surface area contributed by atoms with Crippen LogP contribution < -0.4 is 37.9 Å². The molecule has 2 aromatic carbocycles. The zero-order chi connectivity index (χ0) is 42.6. The molecule has 13 heteroatoms. The molecule has 0 spiro atoms. The Bertz CT molecular complexity index is 1930. The van der Waals surface area contributed by atoms with Crippen LogP contribution in [0.4, 0.5) is 9.59 Å². The number of hydrogen-bond acceptors (Lipinski definition) is 7. The normalized spacial score (nSPS) is 12.7. The lowest BCUT2D eigenvalue weighted by Gasteiger charge is -2.15. The van der Waals surface area contributed by atoms with Gasteiger partial charge in [0.2, 0.25) is 5.91 Å². The van der Waals surface area contributed by atoms with Gasteiger partial charge >= 0.3 is 12.2 Å². The Kier molecular flexibility index (Phi) is 21.6. The predicted molar refractivity (Wildman–Crippen MR) is 221 cm³/mol. The first-order chi connectivity index (χ1) is 27.6. The van der Waals surface area contributed by atoms with Crippen molar-refractivity contribution in [1.29, 1.82) is 0 Å². The maximum atomic E-state index is 12.5. The molecule has 4 rings (SSSR count). The first-order valence-electron chi connectivity index (χ1n) is 19.9. The van der Waals surface area contributed by atoms with Gasteiger partial charge in [-0.25, -0.2) is 9.59 Å². The van der Waals surface area contributed by atoms with Crippen LogP contribution in [-0.4, -0.2) is 41.7 Å². The Labute approximate surface area is 355 Å². The second kappa shape index (κ2) is 25.7. The third-order valence-corrected chi connectivity index (χ3v) is 9.77. The van der Waals surface area contributed by atoms with Crippen LogP contribution in [0.15, 0.2) is 110 Å². The Balaban J connectivity index is 0.000000401. The first-order valence-corrected chi connectivity index (χ1v) is 19.9. The summed E-state index contributed by atoms with van der Waals surface area (Å²) in [5.74, 6) is -0.295. The largest absolute Gasteiger partial charge is 1.00 e. The molecule has 12 nitrogen and oxygen atoms in total. The number of halogens is 1. The number of Topliss-reactive ketones (excluding diaryl/α,β-unsaturated/α-hetero) is 2. The van der Waals surface area contributed by atoms with Gasteiger partial charge in [0.25, 0.3) is 13.5 Å². The molecule has 0 aliphatic carbocycles. The summed E-state index contributed by atoms with van der Waals surface area (Å²) in [6.45, 7) is 13.9. The summed E-state index contributed by atoms with van der Waals surface area (Å²) < 4.78 is 13.9. The van der Waals surface area contributed by atoms with Gasteiger partial charge in [0, 0.05) is 43.0 Å². The molecule has 0 aliphatic heterocycles. The third-order valence-electron chi connectivity index (χ3n) is 9.77. The van der Waals surface area contributed by atoms with Crippen LogP contribution in [0.5, 0.6) is 0 Å². The van der Waals surface area contributed by atoms with Crippen LogP contribution in [0.2, 0.25) is 0 Å². The summed E-state index contributed by atoms with van der Waals surface area (Å²) in [7, 11) is 0. The van der Waals surface area contributed by atoms with Crippen molar-refractivity contribution in [2.24, 2.45) is 29.4 Å². The van der Waals surface area contributed by atoms with Crippen molar-refractivity contribution in [3.63, 3.8) is 0 Å². The molecule has 2 heterocycles. The highest BCUT2D eigenvalue weighted by atomic mass is 35.5. The molecule has 2 aromatic heterocycles. The first kappa shape index (κ1) is 49.5. The minimum Gasteiger partial charge on any atom is -1.00 e. The number of benzene rings is 2. The molecule has 4 aromatic rings. The molecule has 0 saturated heterocycles. The molecular weight excluding hydrogens is 770 g/mol. The number of alkyl carbamates (subject to hydrolysis) is 2. The highest BCUT2D eigenvalue weighted by Crippen LogP contribution is 2.18. The van der Waals surface area contributed by atoms with E-state index in [4.69, 9.17) is 15.2 Å². The second-order valence-corrected chi connectivity index (χ2v) is 15.5. The van der Waals surface area contributed by atoms with Gasteiger partial charge < -0.3 is 38.2 Å². The number of rotatable bonds is 19. The van der Waals surface area contributed by atoms with Crippen LogP contribution in [0.3, 0.4) is 0 Å². The van der Waals surface area contributed by atoms with E-state index in [0.29, 0.717) is 35.8 Å². The monoisotopic (exact) mass is 830 g/mol. The lowest BCUT2D eigenvalue weighted by Crippen LogP contribution is -3.00. The van der Waals surface area contributed by atoms with Gasteiger partial charge in [-0.3, -0.25) is 14.4 Å². The average Bonchev–Trinajstić information content (AvgIpc) is 3.19. The number of amides is 3. The van der Waals surface area contributed by atoms with Crippen LogP contribution in [0.25, 0.3) is 0 Å². The number of carbonyl (C=O) groups is 5. The lowest BCUT2D eigenvalue weighted by molar-refractivity contribution is -0.727. The second-order valence-electron chi connectivity index (χ2n) is 15.5. The minimum absolute atomic E-state index is 0. The summed E-state index contributed by atoms with van der Waals surface area (Å²) in [5.41, 5.74) is 8.76. The Morgan fingerprint density at radius 3 is 1.36 bits per heavy atom. The van der Waals surface area contributed by atoms with Gasteiger partial charge in [0.15, 0.2) is 36.4 Å². The van der Waals surface area contributed by atoms with E-state index < -0.39 is 24.0 Å². The summed E-state index contributed by atoms with van der Waals surface area (Å²) in [5, 5.41) is 5.63. The van der Waals surface area contributed by atoms with E-state index in [1.165, 1.54) is 0 Å². The molecule has 0 unspecified atom stereocenters. The van der Waals surface area contributed by atoms with Gasteiger partial charge in [-0.05, 0) is 67.7 Å². The van der Waals surface area contributed by atoms with Gasteiger partial charge in [-0.2, -0.15) is 9.13 Å². The van der Waals surface area contributed by atoms with Gasteiger partial charge in [-0.1, -0.05) is 95.3 Å². The molecule has 318 valence electrons. The zero-order valence-corrected chi connectivity index (χ0v) is 36.1. The fraction of sp³-hybridized carbons (Fsp3) is 0.413. The Morgan fingerprint density at radius 2 is 0.983 bits per heavy atom. The van der Waals surface area contributed by atoms with Crippen molar-refractivity contribution in [3.8, 4) is 0 Å². The van der Waals surface area contributed by atoms with Crippen LogP contribution in [-0.2, 0) is 40.6 Å². The molecule has 59 heavy (non-hydrogen) atoms. The van der Waals surface area contributed by atoms with Gasteiger partial charge in [-0.15, -0.1) is 0 Å². The number of nitrogens with zero attached hydrogens (tertiary/aromatic N) is 2. The van der Waals surface area contributed by atoms with E-state index in [0.717, 1.165) is 17.5 Å². The maximum Gasteiger partial charge on any atom is 0.412 e. The number of pyridine rings is 2. The van der Waals surface area contributed by atoms with E-state index in [9.17, 15) is 24.0 Å². The number of ketones is 2. The van der Waals surface area contributed by atoms with E-state index in [-0.39, 0.29) is 61.9 Å². The molecule has 0 radical (unpaired) electrons. The third kappa shape index (κ3) is 18.7. The van der Waals surface area contributed by atoms with E-state index in [2.05, 4.69) is 31.4 Å². The standard InChI is InChI=1S/C23H29N3O4.C23H30N2O3.ClH/c1-16(2)20(22(24)28)13-21(27)19-10-7-11-26(14-19)15-30-23(29)25-17(3)12-18-8-5-4-6-9-18;1-17(2)18(3)13-22(26)21-11-8-12-25(15-21)16-28-23(27)24-19(4)14-20-9-6-5-7-10-20;/h4-11,14,16-17,20H,12-13,15H2,1-3H3,(H2-,24,25,28,29);5-12,15,17-19H,13-14,16H2,1-4H3;1H/p+1/t17-,20-;18-,19-;/m00./s1. The number of aromatic nitrogens is 2. The number of primary amides is 1. The number of hydrogen-bond donors (Lipinski definition) is 3. The molecular formula is C46H61ClN5O7+. The smallest absolute Gasteiger partial charge is 0.412 e. The fourth-order valence-corrected chi connectivity index (χ4v) is 5.95. The topological polar surface area (TPSA) is 162 Å². The van der Waals surface area contributed by atoms with Crippen LogP contribution in [0, 0.1) is 23.7 Å². The van der Waals surface area contributed by atoms with Crippen molar-refractivity contribution in [2.45, 2.75) is 99.7 Å². The van der Waals surface area contributed by atoms with Crippen molar-refractivity contribution >= 4 is 29.7 Å². The van der Waals surface area contributed by atoms with Crippen molar-refractivity contribution in [2.75, 3.05) is 0 Å². The lowest BCUT2D eigenvalue weighted by atomic mass is 9.89. The van der Waals surface area contributed by atoms with Crippen LogP contribution in [0.1, 0.15) is 93.2 Å². The zero-order valence-electron chi connectivity index (χ0n) is 35.3.